The molecule has 2 atom stereocenters. The molecule has 2 amide bonds. The van der Waals surface area contributed by atoms with Crippen LogP contribution in [0.25, 0.3) is 0 Å². The van der Waals surface area contributed by atoms with Gasteiger partial charge in [0.2, 0.25) is 0 Å². The molecule has 0 radical (unpaired) electrons. The Morgan fingerprint density at radius 2 is 1.81 bits per heavy atom. The zero-order valence-electron chi connectivity index (χ0n) is 15.3. The average Bonchev–Trinajstić information content (AvgIpc) is 2.70. The van der Waals surface area contributed by atoms with Crippen LogP contribution in [-0.4, -0.2) is 53.5 Å². The van der Waals surface area contributed by atoms with E-state index in [4.69, 9.17) is 0 Å². The molecule has 0 saturated heterocycles. The van der Waals surface area contributed by atoms with Crippen LogP contribution in [0.2, 0.25) is 0 Å². The lowest BCUT2D eigenvalue weighted by Crippen LogP contribution is -2.51. The van der Waals surface area contributed by atoms with Crippen LogP contribution in [0.15, 0.2) is 48.5 Å². The van der Waals surface area contributed by atoms with Gasteiger partial charge in [0, 0.05) is 19.6 Å². The maximum atomic E-state index is 12.5. The van der Waals surface area contributed by atoms with Crippen molar-refractivity contribution in [2.45, 2.75) is 31.7 Å². The van der Waals surface area contributed by atoms with Gasteiger partial charge in [-0.25, -0.2) is 0 Å². The van der Waals surface area contributed by atoms with Crippen LogP contribution in [-0.2, 0) is 29.1 Å². The number of carbonyl (C=O) groups excluding carboxylic acids is 2. The summed E-state index contributed by atoms with van der Waals surface area (Å²) in [4.78, 5) is 26.1. The molecule has 0 spiro atoms. The number of hydrogen-bond donors (Lipinski definition) is 3. The molecule has 3 N–H and O–H groups in total. The summed E-state index contributed by atoms with van der Waals surface area (Å²) in [6.07, 6.45) is -2.91. The number of nitrogens with one attached hydrogen (secondary N) is 1. The molecule has 0 saturated carbocycles. The van der Waals surface area contributed by atoms with Crippen molar-refractivity contribution in [3.05, 3.63) is 65.2 Å². The largest absolute Gasteiger partial charge is 0.380 e. The lowest BCUT2D eigenvalue weighted by molar-refractivity contribution is -0.153. The number of hydrogen-bond acceptors (Lipinski definition) is 4. The minimum absolute atomic E-state index is 0.218. The number of amides is 2. The summed E-state index contributed by atoms with van der Waals surface area (Å²) >= 11 is 0. The van der Waals surface area contributed by atoms with Gasteiger partial charge in [0.15, 0.2) is 12.2 Å². The molecular weight excluding hydrogens is 343 g/mol. The molecule has 3 rings (SSSR count). The van der Waals surface area contributed by atoms with Gasteiger partial charge in [-0.3, -0.25) is 9.59 Å². The van der Waals surface area contributed by atoms with Crippen molar-refractivity contribution < 1.29 is 19.8 Å². The molecule has 1 aliphatic rings. The van der Waals surface area contributed by atoms with Crippen molar-refractivity contribution in [3.8, 4) is 0 Å². The Hall–Kier alpha value is -2.64. The monoisotopic (exact) mass is 366 g/mol. The Kier molecular flexibility index (Phi) is 5.93. The molecule has 140 valence electrons. The molecule has 0 bridgehead atoms. The molecule has 2 aromatic carbocycles. The maximum absolute atomic E-state index is 12.5. The molecule has 0 aromatic heterocycles. The molecule has 2 aromatic rings. The van der Waals surface area contributed by atoms with Crippen LogP contribution in [0, 0.1) is 0 Å². The van der Waals surface area contributed by atoms with Gasteiger partial charge in [-0.15, -0.1) is 0 Å². The first kappa shape index (κ1) is 19.1. The number of aliphatic hydroxyl groups is 2. The predicted molar refractivity (Wildman–Crippen MR) is 104 cm³/mol. The zero-order chi connectivity index (χ0) is 19.4. The maximum Gasteiger partial charge on any atom is 0.255 e. The fourth-order valence-corrected chi connectivity index (χ4v) is 3.27. The van der Waals surface area contributed by atoms with Crippen molar-refractivity contribution in [2.75, 3.05) is 6.54 Å². The van der Waals surface area contributed by atoms with Crippen molar-refractivity contribution in [1.29, 1.82) is 0 Å². The first-order valence-electron chi connectivity index (χ1n) is 9.00. The highest BCUT2D eigenvalue weighted by molar-refractivity contribution is 6.32. The standard InChI is InChI=1S/C20H23BN2O4/c21-16-7-3-4-13(10-16)11-22-19(26)17(24)18(25)20(27)23-9-8-14-5-1-2-6-15(14)12-23/h1-7,10,17-18,24-25H,8-9,11-12,21H2,(H,22,26)/t17-,18-/m0/s1. The SMILES string of the molecule is Bc1cccc(CNC(=O)[C@@H](O)[C@H](O)C(=O)N2CCc3ccccc3C2)c1. The van der Waals surface area contributed by atoms with E-state index in [1.165, 1.54) is 10.5 Å². The van der Waals surface area contributed by atoms with E-state index in [0.717, 1.165) is 16.6 Å². The number of rotatable bonds is 5. The summed E-state index contributed by atoms with van der Waals surface area (Å²) in [7, 11) is 1.94. The fraction of sp³-hybridized carbons (Fsp3) is 0.300. The second-order valence-corrected chi connectivity index (χ2v) is 6.88. The van der Waals surface area contributed by atoms with E-state index >= 15 is 0 Å². The summed E-state index contributed by atoms with van der Waals surface area (Å²) < 4.78 is 0. The van der Waals surface area contributed by atoms with Crippen LogP contribution < -0.4 is 10.8 Å². The van der Waals surface area contributed by atoms with E-state index in [1.54, 1.807) is 0 Å². The van der Waals surface area contributed by atoms with Crippen molar-refractivity contribution in [2.24, 2.45) is 0 Å². The van der Waals surface area contributed by atoms with Gasteiger partial charge in [-0.05, 0) is 23.1 Å². The summed E-state index contributed by atoms with van der Waals surface area (Å²) in [6, 6.07) is 15.4. The zero-order valence-corrected chi connectivity index (χ0v) is 15.3. The van der Waals surface area contributed by atoms with Gasteiger partial charge in [0.25, 0.3) is 11.8 Å². The summed E-state index contributed by atoms with van der Waals surface area (Å²) in [6.45, 7) is 1.03. The highest BCUT2D eigenvalue weighted by Gasteiger charge is 2.34. The van der Waals surface area contributed by atoms with Crippen molar-refractivity contribution >= 4 is 25.1 Å². The van der Waals surface area contributed by atoms with Crippen LogP contribution in [0.5, 0.6) is 0 Å². The highest BCUT2D eigenvalue weighted by Crippen LogP contribution is 2.19. The highest BCUT2D eigenvalue weighted by atomic mass is 16.3. The Bertz CT molecular complexity index is 842. The third-order valence-corrected chi connectivity index (χ3v) is 4.81. The third-order valence-electron chi connectivity index (χ3n) is 4.81. The van der Waals surface area contributed by atoms with Crippen LogP contribution >= 0.6 is 0 Å². The second-order valence-electron chi connectivity index (χ2n) is 6.88. The van der Waals surface area contributed by atoms with E-state index in [1.807, 2.05) is 56.4 Å². The van der Waals surface area contributed by atoms with Crippen molar-refractivity contribution in [3.63, 3.8) is 0 Å². The Morgan fingerprint density at radius 1 is 1.07 bits per heavy atom. The number of carbonyl (C=O) groups is 2. The number of nitrogens with zero attached hydrogens (tertiary/aromatic N) is 1. The summed E-state index contributed by atoms with van der Waals surface area (Å²) in [5.41, 5.74) is 4.13. The molecule has 7 heteroatoms. The van der Waals surface area contributed by atoms with E-state index in [0.29, 0.717) is 19.5 Å². The minimum atomic E-state index is -1.81. The first-order valence-corrected chi connectivity index (χ1v) is 9.00. The molecule has 0 aliphatic carbocycles. The van der Waals surface area contributed by atoms with E-state index < -0.39 is 24.0 Å². The number of benzene rings is 2. The van der Waals surface area contributed by atoms with Crippen molar-refractivity contribution in [1.82, 2.24) is 10.2 Å². The van der Waals surface area contributed by atoms with Crippen LogP contribution in [0.4, 0.5) is 0 Å². The average molecular weight is 366 g/mol. The van der Waals surface area contributed by atoms with E-state index in [-0.39, 0.29) is 6.54 Å². The molecule has 27 heavy (non-hydrogen) atoms. The quantitative estimate of drug-likeness (QED) is 0.584. The topological polar surface area (TPSA) is 89.9 Å². The predicted octanol–water partition coefficient (Wildman–Crippen LogP) is -1.13. The smallest absolute Gasteiger partial charge is 0.255 e. The van der Waals surface area contributed by atoms with E-state index in [9.17, 15) is 19.8 Å². The Morgan fingerprint density at radius 3 is 2.56 bits per heavy atom. The van der Waals surface area contributed by atoms with Gasteiger partial charge in [0.05, 0.1) is 0 Å². The number of fused-ring (bicyclic) bond motifs is 1. The lowest BCUT2D eigenvalue weighted by atomic mass is 9.94. The van der Waals surface area contributed by atoms with E-state index in [2.05, 4.69) is 5.32 Å². The summed E-state index contributed by atoms with van der Waals surface area (Å²) in [5.74, 6) is -1.41. The van der Waals surface area contributed by atoms with Gasteiger partial charge in [0.1, 0.15) is 7.85 Å². The summed E-state index contributed by atoms with van der Waals surface area (Å²) in [5, 5.41) is 22.9. The Balaban J connectivity index is 1.57. The second kappa shape index (κ2) is 8.37. The first-order chi connectivity index (χ1) is 13.0. The Labute approximate surface area is 159 Å². The molecule has 0 fully saturated rings. The third kappa shape index (κ3) is 4.56. The van der Waals surface area contributed by atoms with Crippen LogP contribution in [0.3, 0.4) is 0 Å². The minimum Gasteiger partial charge on any atom is -0.380 e. The van der Waals surface area contributed by atoms with Gasteiger partial charge >= 0.3 is 0 Å². The molecule has 0 unspecified atom stereocenters. The van der Waals surface area contributed by atoms with Gasteiger partial charge in [-0.2, -0.15) is 0 Å². The lowest BCUT2D eigenvalue weighted by Gasteiger charge is -2.31. The normalized spacial score (nSPS) is 15.6. The fourth-order valence-electron chi connectivity index (χ4n) is 3.27. The number of aliphatic hydroxyl groups excluding tert-OH is 2. The molecular formula is C20H23BN2O4. The molecule has 6 nitrogen and oxygen atoms in total. The molecule has 1 heterocycles. The van der Waals surface area contributed by atoms with Crippen LogP contribution in [0.1, 0.15) is 16.7 Å². The molecule has 1 aliphatic heterocycles. The van der Waals surface area contributed by atoms with Gasteiger partial charge in [-0.1, -0.05) is 54.0 Å². The van der Waals surface area contributed by atoms with Gasteiger partial charge < -0.3 is 20.4 Å².